The highest BCUT2D eigenvalue weighted by molar-refractivity contribution is 5.98. The summed E-state index contributed by atoms with van der Waals surface area (Å²) in [6, 6.07) is 9.76. The first kappa shape index (κ1) is 19.2. The van der Waals surface area contributed by atoms with Gasteiger partial charge >= 0.3 is 6.03 Å². The van der Waals surface area contributed by atoms with E-state index in [-0.39, 0.29) is 29.9 Å². The minimum Gasteiger partial charge on any atom is -0.350 e. The molecule has 0 radical (unpaired) electrons. The number of carbonyl (C=O) groups is 2. The van der Waals surface area contributed by atoms with Crippen molar-refractivity contribution < 1.29 is 9.59 Å². The van der Waals surface area contributed by atoms with E-state index >= 15 is 0 Å². The standard InChI is InChI=1S/C20H29N5O2/c1-14(15-8-5-4-6-9-15)22-19(27)25-11-7-10-16(13-25)20(2)12-17(26)24(3)18(21)23-20/h4-6,8-9,14,16H,7,10-13H2,1-3H3,(H2,21,23)(H,22,27)/t14-,16?,20-/m0/s1. The molecule has 0 bridgehead atoms. The van der Waals surface area contributed by atoms with E-state index in [1.807, 2.05) is 49.1 Å². The van der Waals surface area contributed by atoms with E-state index in [1.54, 1.807) is 7.05 Å². The number of rotatable bonds is 3. The van der Waals surface area contributed by atoms with Gasteiger partial charge in [0, 0.05) is 20.1 Å². The van der Waals surface area contributed by atoms with Crippen LogP contribution in [0.1, 0.15) is 44.7 Å². The Hall–Kier alpha value is -2.57. The minimum atomic E-state index is -0.495. The van der Waals surface area contributed by atoms with E-state index in [9.17, 15) is 9.59 Å². The second kappa shape index (κ2) is 7.58. The summed E-state index contributed by atoms with van der Waals surface area (Å²) in [4.78, 5) is 28.2. The summed E-state index contributed by atoms with van der Waals surface area (Å²) in [5.74, 6) is 0.204. The first-order valence-electron chi connectivity index (χ1n) is 9.54. The molecule has 2 heterocycles. The van der Waals surface area contributed by atoms with Crippen LogP contribution >= 0.6 is 0 Å². The highest BCUT2D eigenvalue weighted by Crippen LogP contribution is 2.32. The van der Waals surface area contributed by atoms with E-state index < -0.39 is 5.54 Å². The van der Waals surface area contributed by atoms with Gasteiger partial charge in [-0.3, -0.25) is 15.1 Å². The number of urea groups is 1. The molecule has 0 spiro atoms. The number of guanidine groups is 1. The molecule has 3 N–H and O–H groups in total. The van der Waals surface area contributed by atoms with Gasteiger partial charge < -0.3 is 15.5 Å². The van der Waals surface area contributed by atoms with Crippen LogP contribution in [0.3, 0.4) is 0 Å². The molecule has 3 amide bonds. The molecule has 27 heavy (non-hydrogen) atoms. The molecule has 3 rings (SSSR count). The molecule has 1 aromatic rings. The van der Waals surface area contributed by atoms with Gasteiger partial charge in [0.1, 0.15) is 0 Å². The third-order valence-electron chi connectivity index (χ3n) is 5.88. The first-order valence-corrected chi connectivity index (χ1v) is 9.54. The highest BCUT2D eigenvalue weighted by atomic mass is 16.2. The topological polar surface area (TPSA) is 88.5 Å². The van der Waals surface area contributed by atoms with Gasteiger partial charge in [0.25, 0.3) is 0 Å². The first-order chi connectivity index (χ1) is 12.8. The van der Waals surface area contributed by atoms with Crippen LogP contribution in [-0.2, 0) is 4.79 Å². The molecule has 2 fully saturated rings. The number of hydrogen-bond acceptors (Lipinski definition) is 3. The molecule has 146 valence electrons. The third kappa shape index (κ3) is 4.07. The van der Waals surface area contributed by atoms with Crippen molar-refractivity contribution in [2.45, 2.75) is 44.7 Å². The van der Waals surface area contributed by atoms with Crippen molar-refractivity contribution in [1.29, 1.82) is 5.41 Å². The Bertz CT molecular complexity index is 702. The average molecular weight is 371 g/mol. The van der Waals surface area contributed by atoms with Gasteiger partial charge in [-0.15, -0.1) is 0 Å². The van der Waals surface area contributed by atoms with E-state index in [0.717, 1.165) is 18.4 Å². The maximum absolute atomic E-state index is 12.8. The van der Waals surface area contributed by atoms with Gasteiger partial charge in [0.05, 0.1) is 18.0 Å². The number of amides is 3. The maximum atomic E-state index is 12.8. The zero-order valence-electron chi connectivity index (χ0n) is 16.3. The molecule has 0 saturated carbocycles. The largest absolute Gasteiger partial charge is 0.350 e. The molecule has 7 nitrogen and oxygen atoms in total. The molecule has 1 unspecified atom stereocenters. The Morgan fingerprint density at radius 2 is 2.07 bits per heavy atom. The van der Waals surface area contributed by atoms with Gasteiger partial charge in [-0.1, -0.05) is 30.3 Å². The van der Waals surface area contributed by atoms with Gasteiger partial charge in [-0.2, -0.15) is 0 Å². The Balaban J connectivity index is 1.64. The summed E-state index contributed by atoms with van der Waals surface area (Å²) >= 11 is 0. The zero-order chi connectivity index (χ0) is 19.6. The quantitative estimate of drug-likeness (QED) is 0.762. The average Bonchev–Trinajstić information content (AvgIpc) is 2.67. The summed E-state index contributed by atoms with van der Waals surface area (Å²) in [6.07, 6.45) is 2.17. The second-order valence-corrected chi connectivity index (χ2v) is 7.89. The van der Waals surface area contributed by atoms with Crippen LogP contribution in [0.15, 0.2) is 30.3 Å². The second-order valence-electron chi connectivity index (χ2n) is 7.89. The van der Waals surface area contributed by atoms with Crippen molar-refractivity contribution in [3.63, 3.8) is 0 Å². The summed E-state index contributed by atoms with van der Waals surface area (Å²) in [5.41, 5.74) is 0.576. The Labute approximate surface area is 160 Å². The van der Waals surface area contributed by atoms with Crippen LogP contribution in [0.25, 0.3) is 0 Å². The van der Waals surface area contributed by atoms with Crippen LogP contribution in [0.2, 0.25) is 0 Å². The third-order valence-corrected chi connectivity index (χ3v) is 5.88. The molecular weight excluding hydrogens is 342 g/mol. The SMILES string of the molecule is C[C@H](NC(=O)N1CCCC([C@]2(C)CC(=O)N(C)C(=N)N2)C1)c1ccccc1. The predicted molar refractivity (Wildman–Crippen MR) is 104 cm³/mol. The summed E-state index contributed by atoms with van der Waals surface area (Å²) < 4.78 is 0. The summed E-state index contributed by atoms with van der Waals surface area (Å²) in [7, 11) is 1.61. The normalized spacial score (nSPS) is 27.1. The fourth-order valence-electron chi connectivity index (χ4n) is 3.99. The number of nitrogens with zero attached hydrogens (tertiary/aromatic N) is 2. The lowest BCUT2D eigenvalue weighted by Gasteiger charge is -2.47. The lowest BCUT2D eigenvalue weighted by atomic mass is 9.76. The molecule has 1 aromatic carbocycles. The van der Waals surface area contributed by atoms with Crippen molar-refractivity contribution in [2.24, 2.45) is 5.92 Å². The molecule has 7 heteroatoms. The van der Waals surface area contributed by atoms with E-state index in [4.69, 9.17) is 5.41 Å². The van der Waals surface area contributed by atoms with Gasteiger partial charge in [0.15, 0.2) is 5.96 Å². The number of benzene rings is 1. The Morgan fingerprint density at radius 1 is 1.37 bits per heavy atom. The lowest BCUT2D eigenvalue weighted by Crippen LogP contribution is -2.65. The zero-order valence-corrected chi connectivity index (χ0v) is 16.3. The van der Waals surface area contributed by atoms with E-state index in [0.29, 0.717) is 19.5 Å². The number of hydrogen-bond donors (Lipinski definition) is 3. The van der Waals surface area contributed by atoms with Crippen molar-refractivity contribution in [3.8, 4) is 0 Å². The molecule has 2 saturated heterocycles. The fourth-order valence-corrected chi connectivity index (χ4v) is 3.99. The molecule has 3 atom stereocenters. The van der Waals surface area contributed by atoms with E-state index in [2.05, 4.69) is 10.6 Å². The van der Waals surface area contributed by atoms with Gasteiger partial charge in [0.2, 0.25) is 5.91 Å². The molecule has 2 aliphatic heterocycles. The van der Waals surface area contributed by atoms with Crippen molar-refractivity contribution in [1.82, 2.24) is 20.4 Å². The van der Waals surface area contributed by atoms with Crippen LogP contribution < -0.4 is 10.6 Å². The number of likely N-dealkylation sites (tertiary alicyclic amines) is 1. The smallest absolute Gasteiger partial charge is 0.317 e. The van der Waals surface area contributed by atoms with Crippen LogP contribution in [0.5, 0.6) is 0 Å². The van der Waals surface area contributed by atoms with Crippen molar-refractivity contribution in [2.75, 3.05) is 20.1 Å². The van der Waals surface area contributed by atoms with Crippen molar-refractivity contribution >= 4 is 17.9 Å². The molecule has 0 aliphatic carbocycles. The Kier molecular flexibility index (Phi) is 5.39. The van der Waals surface area contributed by atoms with E-state index in [1.165, 1.54) is 4.90 Å². The van der Waals surface area contributed by atoms with Crippen LogP contribution in [-0.4, -0.2) is 53.4 Å². The lowest BCUT2D eigenvalue weighted by molar-refractivity contribution is -0.130. The minimum absolute atomic E-state index is 0.0551. The monoisotopic (exact) mass is 371 g/mol. The molecule has 2 aliphatic rings. The van der Waals surface area contributed by atoms with Crippen molar-refractivity contribution in [3.05, 3.63) is 35.9 Å². The number of piperidine rings is 1. The fraction of sp³-hybridized carbons (Fsp3) is 0.550. The molecular formula is C20H29N5O2. The van der Waals surface area contributed by atoms with Gasteiger partial charge in [-0.05, 0) is 38.2 Å². The summed E-state index contributed by atoms with van der Waals surface area (Å²) in [6.45, 7) is 5.27. The number of carbonyl (C=O) groups excluding carboxylic acids is 2. The molecule has 0 aromatic heterocycles. The summed E-state index contributed by atoms with van der Waals surface area (Å²) in [5, 5.41) is 14.3. The Morgan fingerprint density at radius 3 is 2.74 bits per heavy atom. The maximum Gasteiger partial charge on any atom is 0.317 e. The van der Waals surface area contributed by atoms with Crippen LogP contribution in [0.4, 0.5) is 4.79 Å². The number of nitrogens with one attached hydrogen (secondary N) is 3. The van der Waals surface area contributed by atoms with Gasteiger partial charge in [-0.25, -0.2) is 4.79 Å². The van der Waals surface area contributed by atoms with Crippen LogP contribution in [0, 0.1) is 11.3 Å². The predicted octanol–water partition coefficient (Wildman–Crippen LogP) is 2.31. The highest BCUT2D eigenvalue weighted by Gasteiger charge is 2.44.